The van der Waals surface area contributed by atoms with Crippen molar-refractivity contribution in [3.05, 3.63) is 51.4 Å². The molecule has 4 heteroatoms. The summed E-state index contributed by atoms with van der Waals surface area (Å²) in [4.78, 5) is 12.9. The highest BCUT2D eigenvalue weighted by atomic mass is 32.1. The van der Waals surface area contributed by atoms with Crippen LogP contribution in [0.5, 0.6) is 0 Å². The van der Waals surface area contributed by atoms with E-state index in [1.165, 1.54) is 28.7 Å². The average Bonchev–Trinajstić information content (AvgIpc) is 2.99. The van der Waals surface area contributed by atoms with Crippen LogP contribution in [-0.4, -0.2) is 13.1 Å². The summed E-state index contributed by atoms with van der Waals surface area (Å²) < 4.78 is 4.78. The molecule has 0 saturated carbocycles. The molecule has 1 aliphatic rings. The van der Waals surface area contributed by atoms with Crippen LogP contribution < -0.4 is 5.73 Å². The van der Waals surface area contributed by atoms with E-state index in [4.69, 9.17) is 10.5 Å². The molecule has 0 spiro atoms. The van der Waals surface area contributed by atoms with Gasteiger partial charge in [-0.3, -0.25) is 0 Å². The third-order valence-corrected chi connectivity index (χ3v) is 4.87. The van der Waals surface area contributed by atoms with Gasteiger partial charge in [-0.25, -0.2) is 4.79 Å². The van der Waals surface area contributed by atoms with Crippen LogP contribution in [-0.2, 0) is 17.6 Å². The Morgan fingerprint density at radius 1 is 1.30 bits per heavy atom. The number of ether oxygens (including phenoxy) is 1. The minimum Gasteiger partial charge on any atom is -0.465 e. The summed E-state index contributed by atoms with van der Waals surface area (Å²) >= 11 is 1.65. The van der Waals surface area contributed by atoms with E-state index < -0.39 is 0 Å². The highest BCUT2D eigenvalue weighted by Gasteiger charge is 2.26. The fourth-order valence-electron chi connectivity index (χ4n) is 3.01. The molecule has 0 radical (unpaired) electrons. The van der Waals surface area contributed by atoms with Gasteiger partial charge < -0.3 is 10.5 Å². The number of carbonyl (C=O) groups excluding carboxylic acids is 1. The fraction of sp³-hybridized carbons (Fsp3) is 0.312. The molecule has 0 bridgehead atoms. The minimum absolute atomic E-state index is 0.271. The van der Waals surface area contributed by atoms with Crippen molar-refractivity contribution < 1.29 is 9.53 Å². The zero-order valence-corrected chi connectivity index (χ0v) is 12.4. The zero-order chi connectivity index (χ0) is 14.3. The Bertz CT molecular complexity index is 675. The zero-order valence-electron chi connectivity index (χ0n) is 11.6. The Morgan fingerprint density at radius 2 is 2.05 bits per heavy atom. The van der Waals surface area contributed by atoms with Gasteiger partial charge in [-0.15, -0.1) is 11.3 Å². The van der Waals surface area contributed by atoms with Crippen molar-refractivity contribution in [2.45, 2.75) is 25.7 Å². The smallest absolute Gasteiger partial charge is 0.337 e. The number of aryl methyl sites for hydroxylation is 1. The number of methoxy groups -OCH3 is 1. The van der Waals surface area contributed by atoms with Crippen LogP contribution in [0.15, 0.2) is 24.3 Å². The molecule has 3 rings (SSSR count). The van der Waals surface area contributed by atoms with Crippen molar-refractivity contribution in [2.75, 3.05) is 12.8 Å². The molecule has 0 aliphatic heterocycles. The maximum atomic E-state index is 11.6. The Morgan fingerprint density at radius 3 is 2.70 bits per heavy atom. The summed E-state index contributed by atoms with van der Waals surface area (Å²) in [5.41, 5.74) is 10.5. The van der Waals surface area contributed by atoms with Gasteiger partial charge in [0.15, 0.2) is 0 Å². The molecule has 1 heterocycles. The first-order valence-electron chi connectivity index (χ1n) is 6.64. The molecule has 104 valence electrons. The molecule has 1 unspecified atom stereocenters. The van der Waals surface area contributed by atoms with Gasteiger partial charge in [0.1, 0.15) is 0 Å². The molecule has 2 aromatic rings. The first-order valence-corrected chi connectivity index (χ1v) is 7.46. The molecule has 0 saturated heterocycles. The Labute approximate surface area is 122 Å². The monoisotopic (exact) mass is 287 g/mol. The predicted molar refractivity (Wildman–Crippen MR) is 81.4 cm³/mol. The normalized spacial score (nSPS) is 17.0. The third-order valence-electron chi connectivity index (χ3n) is 3.98. The molecule has 1 aliphatic carbocycles. The number of rotatable bonds is 2. The highest BCUT2D eigenvalue weighted by molar-refractivity contribution is 7.16. The average molecular weight is 287 g/mol. The minimum atomic E-state index is -0.271. The molecule has 0 amide bonds. The second kappa shape index (κ2) is 4.94. The molecule has 1 aromatic carbocycles. The number of fused-ring (bicyclic) bond motifs is 1. The first-order chi connectivity index (χ1) is 9.58. The van der Waals surface area contributed by atoms with E-state index in [1.807, 2.05) is 18.2 Å². The number of nitrogens with two attached hydrogens (primary N) is 1. The molecular formula is C16H17NO2S. The SMILES string of the molecule is COC(=O)c1ccc2c(c1)CC(c1cc(N)sc1C)C2. The van der Waals surface area contributed by atoms with Crippen LogP contribution in [0.25, 0.3) is 0 Å². The Hall–Kier alpha value is -1.81. The number of esters is 1. The maximum Gasteiger partial charge on any atom is 0.337 e. The number of nitrogen functional groups attached to an aromatic ring is 1. The Balaban J connectivity index is 1.89. The Kier molecular flexibility index (Phi) is 3.26. The lowest BCUT2D eigenvalue weighted by Gasteiger charge is -2.07. The maximum absolute atomic E-state index is 11.6. The number of benzene rings is 1. The molecule has 2 N–H and O–H groups in total. The van der Waals surface area contributed by atoms with E-state index in [1.54, 1.807) is 11.3 Å². The molecule has 0 fully saturated rings. The van der Waals surface area contributed by atoms with E-state index in [0.29, 0.717) is 11.5 Å². The van der Waals surface area contributed by atoms with Crippen LogP contribution in [0.1, 0.15) is 37.8 Å². The quantitative estimate of drug-likeness (QED) is 0.862. The van der Waals surface area contributed by atoms with Gasteiger partial charge in [0, 0.05) is 4.88 Å². The number of anilines is 1. The van der Waals surface area contributed by atoms with Gasteiger partial charge >= 0.3 is 5.97 Å². The standard InChI is InChI=1S/C16H17NO2S/c1-9-14(8-15(17)20-9)13-5-10-3-4-11(16(18)19-2)6-12(10)7-13/h3-4,6,8,13H,5,7,17H2,1-2H3. The lowest BCUT2D eigenvalue weighted by molar-refractivity contribution is 0.0600. The van der Waals surface area contributed by atoms with E-state index in [-0.39, 0.29) is 5.97 Å². The summed E-state index contributed by atoms with van der Waals surface area (Å²) in [6.45, 7) is 2.12. The van der Waals surface area contributed by atoms with Crippen molar-refractivity contribution in [3.63, 3.8) is 0 Å². The predicted octanol–water partition coefficient (Wildman–Crippen LogP) is 3.31. The number of carbonyl (C=O) groups is 1. The van der Waals surface area contributed by atoms with Gasteiger partial charge in [0.05, 0.1) is 17.7 Å². The molecular weight excluding hydrogens is 270 g/mol. The largest absolute Gasteiger partial charge is 0.465 e. The summed E-state index contributed by atoms with van der Waals surface area (Å²) in [6.07, 6.45) is 1.99. The van der Waals surface area contributed by atoms with Crippen LogP contribution in [0.3, 0.4) is 0 Å². The van der Waals surface area contributed by atoms with E-state index in [2.05, 4.69) is 13.0 Å². The van der Waals surface area contributed by atoms with Crippen molar-refractivity contribution >= 4 is 22.3 Å². The number of thiophene rings is 1. The molecule has 20 heavy (non-hydrogen) atoms. The van der Waals surface area contributed by atoms with Gasteiger partial charge in [-0.05, 0) is 60.6 Å². The van der Waals surface area contributed by atoms with Crippen LogP contribution in [0, 0.1) is 6.92 Å². The van der Waals surface area contributed by atoms with Crippen molar-refractivity contribution in [1.82, 2.24) is 0 Å². The van der Waals surface area contributed by atoms with Gasteiger partial charge in [0.2, 0.25) is 0 Å². The number of hydrogen-bond donors (Lipinski definition) is 1. The third kappa shape index (κ3) is 2.20. The highest BCUT2D eigenvalue weighted by Crippen LogP contribution is 2.39. The van der Waals surface area contributed by atoms with Crippen molar-refractivity contribution in [2.24, 2.45) is 0 Å². The second-order valence-electron chi connectivity index (χ2n) is 5.24. The summed E-state index contributed by atoms with van der Waals surface area (Å²) in [6, 6.07) is 7.96. The lowest BCUT2D eigenvalue weighted by atomic mass is 9.97. The van der Waals surface area contributed by atoms with Crippen LogP contribution >= 0.6 is 11.3 Å². The van der Waals surface area contributed by atoms with Gasteiger partial charge in [-0.2, -0.15) is 0 Å². The lowest BCUT2D eigenvalue weighted by Crippen LogP contribution is -2.01. The van der Waals surface area contributed by atoms with E-state index in [9.17, 15) is 4.79 Å². The number of hydrogen-bond acceptors (Lipinski definition) is 4. The van der Waals surface area contributed by atoms with Crippen LogP contribution in [0.2, 0.25) is 0 Å². The second-order valence-corrected chi connectivity index (χ2v) is 6.53. The summed E-state index contributed by atoms with van der Waals surface area (Å²) in [5, 5.41) is 0.878. The molecule has 1 aromatic heterocycles. The van der Waals surface area contributed by atoms with E-state index >= 15 is 0 Å². The van der Waals surface area contributed by atoms with Gasteiger partial charge in [0.25, 0.3) is 0 Å². The van der Waals surface area contributed by atoms with Crippen LogP contribution in [0.4, 0.5) is 5.00 Å². The first kappa shape index (κ1) is 13.2. The van der Waals surface area contributed by atoms with E-state index in [0.717, 1.165) is 17.8 Å². The fourth-order valence-corrected chi connectivity index (χ4v) is 3.89. The van der Waals surface area contributed by atoms with Crippen molar-refractivity contribution in [1.29, 1.82) is 0 Å². The van der Waals surface area contributed by atoms with Crippen molar-refractivity contribution in [3.8, 4) is 0 Å². The van der Waals surface area contributed by atoms with Gasteiger partial charge in [-0.1, -0.05) is 6.07 Å². The summed E-state index contributed by atoms with van der Waals surface area (Å²) in [7, 11) is 1.41. The summed E-state index contributed by atoms with van der Waals surface area (Å²) in [5.74, 6) is 0.207. The molecule has 1 atom stereocenters. The topological polar surface area (TPSA) is 52.3 Å². The molecule has 3 nitrogen and oxygen atoms in total.